The minimum Gasteiger partial charge on any atom is -0.504 e. The molecule has 2 heterocycles. The highest BCUT2D eigenvalue weighted by Gasteiger charge is 2.66. The lowest BCUT2D eigenvalue weighted by Gasteiger charge is -2.60. The van der Waals surface area contributed by atoms with Crippen molar-refractivity contribution in [3.05, 3.63) is 64.7 Å². The second-order valence-corrected chi connectivity index (χ2v) is 12.1. The zero-order valence-corrected chi connectivity index (χ0v) is 23.8. The van der Waals surface area contributed by atoms with Crippen LogP contribution >= 0.6 is 0 Å². The van der Waals surface area contributed by atoms with Crippen molar-refractivity contribution in [3.63, 3.8) is 0 Å². The third-order valence-electron chi connectivity index (χ3n) is 9.99. The highest BCUT2D eigenvalue weighted by atomic mass is 16.5. The summed E-state index contributed by atoms with van der Waals surface area (Å²) < 4.78 is 6.77. The Labute approximate surface area is 232 Å². The number of likely N-dealkylation sites (tertiary alicyclic amines) is 1. The van der Waals surface area contributed by atoms with Crippen LogP contribution < -0.4 is 9.64 Å². The number of rotatable bonds is 4. The molecule has 0 aromatic heterocycles. The van der Waals surface area contributed by atoms with E-state index in [2.05, 4.69) is 42.1 Å². The van der Waals surface area contributed by atoms with Gasteiger partial charge in [0.05, 0.1) is 6.04 Å². The van der Waals surface area contributed by atoms with Crippen LogP contribution in [0.25, 0.3) is 0 Å². The van der Waals surface area contributed by atoms with Crippen LogP contribution in [0.3, 0.4) is 0 Å². The Morgan fingerprint density at radius 1 is 1.23 bits per heavy atom. The first-order chi connectivity index (χ1) is 18.7. The van der Waals surface area contributed by atoms with Crippen LogP contribution in [0.15, 0.2) is 36.9 Å². The number of hydrogen-bond donors (Lipinski definition) is 1. The fourth-order valence-electron chi connectivity index (χ4n) is 8.04. The highest BCUT2D eigenvalue weighted by molar-refractivity contribution is 5.94. The van der Waals surface area contributed by atoms with Crippen LogP contribution in [0, 0.1) is 31.6 Å². The molecule has 1 amide bonds. The van der Waals surface area contributed by atoms with E-state index in [4.69, 9.17) is 4.74 Å². The number of carbonyl (C=O) groups is 1. The number of likely N-dealkylation sites (N-methyl/N-ethyl adjacent to an activating group) is 1. The van der Waals surface area contributed by atoms with E-state index in [1.54, 1.807) is 4.90 Å². The first-order valence-corrected chi connectivity index (χ1v) is 14.1. The van der Waals surface area contributed by atoms with Crippen LogP contribution in [0.2, 0.25) is 0 Å². The molecule has 2 aliphatic heterocycles. The Bertz CT molecular complexity index is 1420. The number of hydrogen-bond acceptors (Lipinski definition) is 5. The molecule has 2 aromatic carbocycles. The fraction of sp³-hybridized carbons (Fsp3) is 0.485. The predicted octanol–water partition coefficient (Wildman–Crippen LogP) is 4.18. The number of benzene rings is 2. The van der Waals surface area contributed by atoms with Crippen LogP contribution in [0.5, 0.6) is 11.5 Å². The minimum atomic E-state index is -0.228. The van der Waals surface area contributed by atoms with Gasteiger partial charge in [0.15, 0.2) is 11.5 Å². The zero-order valence-electron chi connectivity index (χ0n) is 23.8. The number of phenolic OH excluding ortho intramolecular Hbond substituents is 1. The van der Waals surface area contributed by atoms with Gasteiger partial charge in [0, 0.05) is 67.9 Å². The van der Waals surface area contributed by atoms with E-state index in [9.17, 15) is 9.90 Å². The molecular weight excluding hydrogens is 486 g/mol. The van der Waals surface area contributed by atoms with Crippen molar-refractivity contribution in [2.75, 3.05) is 39.1 Å². The highest BCUT2D eigenvalue weighted by Crippen LogP contribution is 2.65. The second-order valence-electron chi connectivity index (χ2n) is 12.1. The molecule has 1 spiro atoms. The molecule has 1 saturated carbocycles. The van der Waals surface area contributed by atoms with Gasteiger partial charge in [0.2, 0.25) is 0 Å². The molecule has 6 nitrogen and oxygen atoms in total. The summed E-state index contributed by atoms with van der Waals surface area (Å²) in [5.41, 5.74) is 6.54. The lowest BCUT2D eigenvalue weighted by atomic mass is 9.50. The third kappa shape index (κ3) is 3.77. The van der Waals surface area contributed by atoms with Gasteiger partial charge in [-0.15, -0.1) is 6.58 Å². The maximum absolute atomic E-state index is 13.4. The number of ether oxygens (including phenoxy) is 1. The van der Waals surface area contributed by atoms with Gasteiger partial charge in [-0.05, 0) is 80.8 Å². The van der Waals surface area contributed by atoms with E-state index < -0.39 is 0 Å². The van der Waals surface area contributed by atoms with E-state index in [0.717, 1.165) is 50.0 Å². The van der Waals surface area contributed by atoms with Crippen LogP contribution in [-0.4, -0.2) is 73.2 Å². The molecule has 1 N–H and O–H groups in total. The monoisotopic (exact) mass is 525 g/mol. The maximum atomic E-state index is 13.4. The second kappa shape index (κ2) is 9.34. The molecule has 2 fully saturated rings. The molecule has 6 rings (SSSR count). The number of anilines is 1. The standard InChI is InChI=1S/C33H39N3O3/c1-7-15-36-16-14-33-24-11-12-25(35(6)29(38)13-10-22-9-8-20(2)21(3)17-22)32(33)39-31-28(37)19-26(34(4)5)23(30(31)33)18-27(24)36/h7-9,17,19,24-25,27,32,37H,1,11-12,14-16,18H2,2-6H3/t24-,25-,27+,32-,33-/m0/s1. The molecule has 1 saturated heterocycles. The SMILES string of the molecule is C=CCN1CC[C@]23c4c5c(N(C)C)cc(O)c4O[C@H]2[C@@H](N(C)C(=O)C#Cc2ccc(C)c(C)c2)CC[C@H]3[C@H]1C5. The normalized spacial score (nSPS) is 28.0. The molecule has 39 heavy (non-hydrogen) atoms. The summed E-state index contributed by atoms with van der Waals surface area (Å²) in [6, 6.07) is 8.17. The van der Waals surface area contributed by atoms with Crippen LogP contribution in [0.1, 0.15) is 47.1 Å². The summed E-state index contributed by atoms with van der Waals surface area (Å²) in [5, 5.41) is 11.2. The molecule has 2 bridgehead atoms. The third-order valence-corrected chi connectivity index (χ3v) is 9.99. The largest absolute Gasteiger partial charge is 0.504 e. The number of phenols is 1. The smallest absolute Gasteiger partial charge is 0.298 e. The lowest BCUT2D eigenvalue weighted by molar-refractivity contribution is -0.134. The molecule has 2 aromatic rings. The van der Waals surface area contributed by atoms with Crippen LogP contribution in [0.4, 0.5) is 5.69 Å². The number of amides is 1. The van der Waals surface area contributed by atoms with Crippen molar-refractivity contribution >= 4 is 11.6 Å². The summed E-state index contributed by atoms with van der Waals surface area (Å²) in [7, 11) is 5.94. The molecule has 4 aliphatic rings. The van der Waals surface area contributed by atoms with E-state index in [1.807, 2.05) is 51.5 Å². The molecular formula is C33H39N3O3. The molecule has 2 aliphatic carbocycles. The Morgan fingerprint density at radius 2 is 2.03 bits per heavy atom. The van der Waals surface area contributed by atoms with Gasteiger partial charge >= 0.3 is 0 Å². The van der Waals surface area contributed by atoms with E-state index in [1.165, 1.54) is 22.3 Å². The Balaban J connectivity index is 1.39. The van der Waals surface area contributed by atoms with Gasteiger partial charge in [-0.1, -0.05) is 18.1 Å². The van der Waals surface area contributed by atoms with Gasteiger partial charge in [0.25, 0.3) is 5.91 Å². The molecule has 5 atom stereocenters. The molecule has 0 unspecified atom stereocenters. The summed E-state index contributed by atoms with van der Waals surface area (Å²) in [6.45, 7) is 9.99. The van der Waals surface area contributed by atoms with Crippen molar-refractivity contribution in [3.8, 4) is 23.3 Å². The predicted molar refractivity (Wildman–Crippen MR) is 154 cm³/mol. The Hall–Kier alpha value is -3.43. The first kappa shape index (κ1) is 25.8. The van der Waals surface area contributed by atoms with E-state index in [-0.39, 0.29) is 29.2 Å². The molecule has 0 radical (unpaired) electrons. The quantitative estimate of drug-likeness (QED) is 0.480. The number of nitrogens with zero attached hydrogens (tertiary/aromatic N) is 3. The summed E-state index contributed by atoms with van der Waals surface area (Å²) in [5.74, 6) is 7.04. The van der Waals surface area contributed by atoms with Crippen LogP contribution in [-0.2, 0) is 16.6 Å². The Kier molecular flexibility index (Phi) is 6.19. The van der Waals surface area contributed by atoms with E-state index >= 15 is 0 Å². The van der Waals surface area contributed by atoms with Gasteiger partial charge in [-0.2, -0.15) is 0 Å². The van der Waals surface area contributed by atoms with Gasteiger partial charge < -0.3 is 19.6 Å². The fourth-order valence-corrected chi connectivity index (χ4v) is 8.04. The van der Waals surface area contributed by atoms with Crippen molar-refractivity contribution < 1.29 is 14.6 Å². The topological polar surface area (TPSA) is 56.2 Å². The molecule has 6 heteroatoms. The number of aryl methyl sites for hydroxylation is 2. The van der Waals surface area contributed by atoms with Crippen molar-refractivity contribution in [1.82, 2.24) is 9.80 Å². The summed E-state index contributed by atoms with van der Waals surface area (Å²) in [6.07, 6.45) is 5.55. The maximum Gasteiger partial charge on any atom is 0.298 e. The van der Waals surface area contributed by atoms with Gasteiger partial charge in [-0.25, -0.2) is 0 Å². The number of piperidine rings is 1. The number of carbonyl (C=O) groups excluding carboxylic acids is 1. The van der Waals surface area contributed by atoms with E-state index in [0.29, 0.717) is 17.7 Å². The van der Waals surface area contributed by atoms with Crippen molar-refractivity contribution in [1.29, 1.82) is 0 Å². The average molecular weight is 526 g/mol. The Morgan fingerprint density at radius 3 is 2.74 bits per heavy atom. The lowest BCUT2D eigenvalue weighted by Crippen LogP contribution is -2.68. The summed E-state index contributed by atoms with van der Waals surface area (Å²) >= 11 is 0. The molecule has 204 valence electrons. The van der Waals surface area contributed by atoms with Gasteiger partial charge in [-0.3, -0.25) is 9.69 Å². The summed E-state index contributed by atoms with van der Waals surface area (Å²) in [4.78, 5) is 19.9. The zero-order chi connectivity index (χ0) is 27.6. The minimum absolute atomic E-state index is 0.116. The van der Waals surface area contributed by atoms with Gasteiger partial charge in [0.1, 0.15) is 6.10 Å². The average Bonchev–Trinajstić information content (AvgIpc) is 3.26. The number of aromatic hydroxyl groups is 1. The van der Waals surface area contributed by atoms with Crippen molar-refractivity contribution in [2.24, 2.45) is 5.92 Å². The van der Waals surface area contributed by atoms with Crippen molar-refractivity contribution in [2.45, 2.75) is 63.1 Å². The first-order valence-electron chi connectivity index (χ1n) is 14.1.